The van der Waals surface area contributed by atoms with E-state index in [1.165, 1.54) is 302 Å². The topological polar surface area (TPSA) is 111 Å². The molecule has 0 radical (unpaired) electrons. The number of likely N-dealkylation sites (N-methyl/N-ethyl adjacent to an activating group) is 1. The normalized spacial score (nSPS) is 13.7. The van der Waals surface area contributed by atoms with E-state index < -0.39 is 20.0 Å². The average molecular weight is 1330 g/mol. The van der Waals surface area contributed by atoms with E-state index in [2.05, 4.69) is 80.8 Å². The zero-order valence-electron chi connectivity index (χ0n) is 62.8. The molecule has 0 heterocycles. The molecule has 0 aromatic carbocycles. The van der Waals surface area contributed by atoms with Crippen molar-refractivity contribution < 1.29 is 37.3 Å². The Morgan fingerprint density at radius 1 is 0.376 bits per heavy atom. The lowest BCUT2D eigenvalue weighted by Gasteiger charge is -2.27. The number of nitrogens with one attached hydrogen (secondary N) is 1. The highest BCUT2D eigenvalue weighted by Gasteiger charge is 2.30. The quantitative estimate of drug-likeness (QED) is 0.0205. The van der Waals surface area contributed by atoms with Gasteiger partial charge in [0.15, 0.2) is 0 Å². The molecule has 0 aliphatic rings. The van der Waals surface area contributed by atoms with E-state index in [1.54, 1.807) is 0 Å². The van der Waals surface area contributed by atoms with Crippen LogP contribution in [0.4, 0.5) is 0 Å². The van der Waals surface area contributed by atoms with Crippen LogP contribution in [0.5, 0.6) is 0 Å². The molecule has 93 heavy (non-hydrogen) atoms. The molecule has 1 amide bonds. The SMILES string of the molecule is CCCCC/C=C\C/C=C\C/C=C\CCCCCCCCCCCCCCCCC(=O)NC(COP(=O)(O)OCC[N+](C)(C)C)C(/C=C/CCCCCCCCCCCCC)OC(=O)CCCCCCCCCCCCCCCCCCC/C=C/CCCCCCCC. The maximum atomic E-state index is 13.7. The van der Waals surface area contributed by atoms with Gasteiger partial charge in [-0.1, -0.05) is 358 Å². The van der Waals surface area contributed by atoms with Crippen LogP contribution in [0.1, 0.15) is 406 Å². The Kier molecular flexibility index (Phi) is 70.7. The zero-order chi connectivity index (χ0) is 67.8. The molecule has 546 valence electrons. The number of hydrogen-bond acceptors (Lipinski definition) is 6. The van der Waals surface area contributed by atoms with Gasteiger partial charge in [0, 0.05) is 12.8 Å². The number of esters is 1. The van der Waals surface area contributed by atoms with E-state index in [-0.39, 0.29) is 25.1 Å². The summed E-state index contributed by atoms with van der Waals surface area (Å²) in [6.07, 6.45) is 95.4. The minimum absolute atomic E-state index is 0.0416. The standard InChI is InChI=1S/C83H157N2O7P/c1-7-10-13-16-19-22-25-28-30-32-34-36-38-40-42-44-46-48-50-52-54-57-60-63-66-69-72-75-82(86)84-80(79-91-93(88,89)90-78-77-85(4,5)6)81(74-71-68-65-62-59-56-27-24-21-18-15-12-9-3)92-83(87)76-73-70-67-64-61-58-55-53-51-49-47-45-43-41-39-37-35-33-31-29-26-23-20-17-14-11-8-2/h19,22,28-31,34,36,71,74,80-81H,7-18,20-21,23-27,32-33,35,37-70,72-73,75-79H2,1-6H3,(H-,84,86,88,89)/p+1/b22-19-,30-28-,31-29+,36-34-,74-71+. The second kappa shape index (κ2) is 72.5. The largest absolute Gasteiger partial charge is 0.472 e. The Bertz CT molecular complexity index is 1770. The molecule has 3 unspecified atom stereocenters. The van der Waals surface area contributed by atoms with Crippen LogP contribution >= 0.6 is 7.82 Å². The van der Waals surface area contributed by atoms with Crippen LogP contribution in [-0.2, 0) is 27.9 Å². The van der Waals surface area contributed by atoms with Crippen molar-refractivity contribution in [2.75, 3.05) is 40.9 Å². The van der Waals surface area contributed by atoms with Crippen molar-refractivity contribution in [2.24, 2.45) is 0 Å². The number of ether oxygens (including phenoxy) is 1. The molecule has 3 atom stereocenters. The molecule has 0 spiro atoms. The number of nitrogens with zero attached hydrogens (tertiary/aromatic N) is 1. The maximum absolute atomic E-state index is 13.7. The van der Waals surface area contributed by atoms with Gasteiger partial charge in [0.2, 0.25) is 5.91 Å². The fourth-order valence-electron chi connectivity index (χ4n) is 12.2. The summed E-state index contributed by atoms with van der Waals surface area (Å²) < 4.78 is 31.0. The second-order valence-electron chi connectivity index (χ2n) is 28.9. The lowest BCUT2D eigenvalue weighted by Crippen LogP contribution is -2.47. The highest BCUT2D eigenvalue weighted by Crippen LogP contribution is 2.43. The van der Waals surface area contributed by atoms with E-state index in [0.29, 0.717) is 23.9 Å². The van der Waals surface area contributed by atoms with E-state index >= 15 is 0 Å². The van der Waals surface area contributed by atoms with Crippen LogP contribution in [0.15, 0.2) is 60.8 Å². The third kappa shape index (κ3) is 73.8. The van der Waals surface area contributed by atoms with Crippen LogP contribution in [0.3, 0.4) is 0 Å². The van der Waals surface area contributed by atoms with Crippen molar-refractivity contribution >= 4 is 19.7 Å². The first-order valence-electron chi connectivity index (χ1n) is 40.6. The van der Waals surface area contributed by atoms with Crippen molar-refractivity contribution in [3.8, 4) is 0 Å². The van der Waals surface area contributed by atoms with Crippen LogP contribution in [0.2, 0.25) is 0 Å². The summed E-state index contributed by atoms with van der Waals surface area (Å²) in [5, 5.41) is 3.09. The molecule has 0 saturated carbocycles. The minimum Gasteiger partial charge on any atom is -0.456 e. The fraction of sp³-hybridized carbons (Fsp3) is 0.855. The predicted octanol–water partition coefficient (Wildman–Crippen LogP) is 26.5. The average Bonchev–Trinajstić information content (AvgIpc) is 2.31. The molecule has 0 fully saturated rings. The van der Waals surface area contributed by atoms with Crippen molar-refractivity contribution in [1.29, 1.82) is 0 Å². The van der Waals surface area contributed by atoms with Gasteiger partial charge in [0.05, 0.1) is 33.8 Å². The van der Waals surface area contributed by atoms with Gasteiger partial charge in [-0.3, -0.25) is 18.6 Å². The number of phosphoric acid groups is 1. The van der Waals surface area contributed by atoms with Gasteiger partial charge < -0.3 is 19.4 Å². The van der Waals surface area contributed by atoms with Gasteiger partial charge in [-0.25, -0.2) is 4.57 Å². The number of phosphoric ester groups is 1. The first-order valence-corrected chi connectivity index (χ1v) is 42.1. The van der Waals surface area contributed by atoms with Gasteiger partial charge in [-0.2, -0.15) is 0 Å². The summed E-state index contributed by atoms with van der Waals surface area (Å²) in [4.78, 5) is 38.1. The number of allylic oxidation sites excluding steroid dienone is 9. The Balaban J connectivity index is 4.92. The predicted molar refractivity (Wildman–Crippen MR) is 406 cm³/mol. The third-order valence-electron chi connectivity index (χ3n) is 18.4. The lowest BCUT2D eigenvalue weighted by atomic mass is 10.0. The van der Waals surface area contributed by atoms with Crippen LogP contribution in [0.25, 0.3) is 0 Å². The summed E-state index contributed by atoms with van der Waals surface area (Å²) in [5.74, 6) is -0.485. The highest BCUT2D eigenvalue weighted by atomic mass is 31.2. The number of rotatable bonds is 75. The number of quaternary nitrogens is 1. The number of carbonyl (C=O) groups is 2. The first kappa shape index (κ1) is 90.7. The number of unbranched alkanes of at least 4 members (excludes halogenated alkanes) is 51. The smallest absolute Gasteiger partial charge is 0.456 e. The summed E-state index contributed by atoms with van der Waals surface area (Å²) in [6, 6.07) is -0.850. The third-order valence-corrected chi connectivity index (χ3v) is 19.4. The molecule has 0 aliphatic heterocycles. The van der Waals surface area contributed by atoms with E-state index in [1.807, 2.05) is 27.2 Å². The van der Waals surface area contributed by atoms with Gasteiger partial charge >= 0.3 is 13.8 Å². The van der Waals surface area contributed by atoms with Gasteiger partial charge in [0.25, 0.3) is 0 Å². The fourth-order valence-corrected chi connectivity index (χ4v) is 12.9. The monoisotopic (exact) mass is 1330 g/mol. The Labute approximate surface area is 579 Å². The van der Waals surface area contributed by atoms with Crippen molar-refractivity contribution in [2.45, 2.75) is 418 Å². The van der Waals surface area contributed by atoms with Crippen LogP contribution in [0, 0.1) is 0 Å². The van der Waals surface area contributed by atoms with E-state index in [4.69, 9.17) is 13.8 Å². The molecular weight excluding hydrogens is 1170 g/mol. The number of amides is 1. The Morgan fingerprint density at radius 2 is 0.656 bits per heavy atom. The zero-order valence-corrected chi connectivity index (χ0v) is 63.7. The summed E-state index contributed by atoms with van der Waals surface area (Å²) >= 11 is 0. The Hall–Kier alpha value is -2.29. The maximum Gasteiger partial charge on any atom is 0.472 e. The summed E-state index contributed by atoms with van der Waals surface area (Å²) in [5.41, 5.74) is 0. The molecule has 0 bridgehead atoms. The molecule has 2 N–H and O–H groups in total. The first-order chi connectivity index (χ1) is 45.4. The molecule has 0 saturated heterocycles. The lowest BCUT2D eigenvalue weighted by molar-refractivity contribution is -0.870. The molecule has 0 aromatic rings. The van der Waals surface area contributed by atoms with Gasteiger partial charge in [0.1, 0.15) is 19.3 Å². The summed E-state index contributed by atoms with van der Waals surface area (Å²) in [6.45, 7) is 7.05. The molecule has 10 heteroatoms. The molecular formula is C83H158N2O7P+. The molecule has 0 aliphatic carbocycles. The minimum atomic E-state index is -4.46. The Morgan fingerprint density at radius 3 is 1.01 bits per heavy atom. The summed E-state index contributed by atoms with van der Waals surface area (Å²) in [7, 11) is 1.51. The van der Waals surface area contributed by atoms with Crippen molar-refractivity contribution in [3.63, 3.8) is 0 Å². The van der Waals surface area contributed by atoms with Crippen molar-refractivity contribution in [3.05, 3.63) is 60.8 Å². The van der Waals surface area contributed by atoms with Gasteiger partial charge in [-0.05, 0) is 96.0 Å². The number of hydrogen-bond donors (Lipinski definition) is 2. The van der Waals surface area contributed by atoms with Crippen molar-refractivity contribution in [1.82, 2.24) is 5.32 Å². The van der Waals surface area contributed by atoms with Crippen LogP contribution < -0.4 is 5.32 Å². The number of carbonyl (C=O) groups excluding carboxylic acids is 2. The van der Waals surface area contributed by atoms with Gasteiger partial charge in [-0.15, -0.1) is 0 Å². The van der Waals surface area contributed by atoms with E-state index in [9.17, 15) is 19.0 Å². The van der Waals surface area contributed by atoms with E-state index in [0.717, 1.165) is 70.6 Å². The van der Waals surface area contributed by atoms with Crippen LogP contribution in [-0.4, -0.2) is 74.3 Å². The highest BCUT2D eigenvalue weighted by molar-refractivity contribution is 7.47. The molecule has 0 aromatic heterocycles. The second-order valence-corrected chi connectivity index (χ2v) is 30.4. The molecule has 9 nitrogen and oxygen atoms in total. The molecule has 0 rings (SSSR count).